The summed E-state index contributed by atoms with van der Waals surface area (Å²) >= 11 is 0. The molecular weight excluding hydrogens is 216 g/mol. The van der Waals surface area contributed by atoms with Crippen LogP contribution in [-0.2, 0) is 9.53 Å². The van der Waals surface area contributed by atoms with Crippen LogP contribution >= 0.6 is 0 Å². The highest BCUT2D eigenvalue weighted by molar-refractivity contribution is 5.79. The molecule has 4 heteroatoms. The molecule has 0 bridgehead atoms. The molecule has 0 aliphatic rings. The number of rotatable bonds is 4. The Morgan fingerprint density at radius 2 is 2.18 bits per heavy atom. The molecule has 0 fully saturated rings. The number of nitriles is 1. The first kappa shape index (κ1) is 13.0. The van der Waals surface area contributed by atoms with E-state index >= 15 is 0 Å². The second-order valence-corrected chi connectivity index (χ2v) is 4.08. The van der Waals surface area contributed by atoms with E-state index in [4.69, 9.17) is 10.00 Å². The molecule has 1 rings (SSSR count). The van der Waals surface area contributed by atoms with Gasteiger partial charge in [0.25, 0.3) is 0 Å². The number of nitrogens with zero attached hydrogens (tertiary/aromatic N) is 1. The lowest BCUT2D eigenvalue weighted by Crippen LogP contribution is -2.35. The van der Waals surface area contributed by atoms with E-state index in [1.54, 1.807) is 18.2 Å². The van der Waals surface area contributed by atoms with E-state index in [1.165, 1.54) is 7.11 Å². The quantitative estimate of drug-likeness (QED) is 0.808. The van der Waals surface area contributed by atoms with E-state index in [2.05, 4.69) is 11.4 Å². The molecule has 0 radical (unpaired) electrons. The lowest BCUT2D eigenvalue weighted by atomic mass is 10.0. The van der Waals surface area contributed by atoms with Crippen molar-refractivity contribution in [3.63, 3.8) is 0 Å². The van der Waals surface area contributed by atoms with Gasteiger partial charge in [0.15, 0.2) is 0 Å². The highest BCUT2D eigenvalue weighted by Gasteiger charge is 2.22. The third-order valence-electron chi connectivity index (χ3n) is 2.44. The Hall–Kier alpha value is -2.02. The molecule has 1 atom stereocenters. The number of carbonyl (C=O) groups excluding carboxylic acids is 1. The number of nitrogens with one attached hydrogen (secondary N) is 1. The molecule has 0 aliphatic heterocycles. The predicted molar refractivity (Wildman–Crippen MR) is 65.4 cm³/mol. The summed E-state index contributed by atoms with van der Waals surface area (Å²) in [5, 5.41) is 11.9. The van der Waals surface area contributed by atoms with Crippen molar-refractivity contribution in [2.45, 2.75) is 19.9 Å². The van der Waals surface area contributed by atoms with E-state index in [0.717, 1.165) is 5.69 Å². The van der Waals surface area contributed by atoms with Crippen LogP contribution in [0.15, 0.2) is 24.3 Å². The number of ether oxygens (including phenoxy) is 1. The number of methoxy groups -OCH3 is 1. The lowest BCUT2D eigenvalue weighted by Gasteiger charge is -2.20. The van der Waals surface area contributed by atoms with Crippen LogP contribution in [0, 0.1) is 17.2 Å². The molecule has 0 heterocycles. The van der Waals surface area contributed by atoms with Crippen molar-refractivity contribution >= 4 is 11.7 Å². The van der Waals surface area contributed by atoms with Gasteiger partial charge in [-0.05, 0) is 24.1 Å². The molecule has 0 aromatic heterocycles. The zero-order valence-electron chi connectivity index (χ0n) is 10.2. The SMILES string of the molecule is COC(=O)C(Nc1cccc(C#N)c1)C(C)C. The van der Waals surface area contributed by atoms with Crippen molar-refractivity contribution < 1.29 is 9.53 Å². The van der Waals surface area contributed by atoms with Gasteiger partial charge in [-0.2, -0.15) is 5.26 Å². The van der Waals surface area contributed by atoms with Gasteiger partial charge in [-0.15, -0.1) is 0 Å². The van der Waals surface area contributed by atoms with Crippen LogP contribution in [0.3, 0.4) is 0 Å². The van der Waals surface area contributed by atoms with E-state index in [9.17, 15) is 4.79 Å². The number of anilines is 1. The van der Waals surface area contributed by atoms with Gasteiger partial charge < -0.3 is 10.1 Å². The molecule has 1 N–H and O–H groups in total. The largest absolute Gasteiger partial charge is 0.467 e. The first-order valence-corrected chi connectivity index (χ1v) is 5.43. The second-order valence-electron chi connectivity index (χ2n) is 4.08. The Bertz CT molecular complexity index is 435. The van der Waals surface area contributed by atoms with Crippen molar-refractivity contribution in [3.8, 4) is 6.07 Å². The maximum atomic E-state index is 11.6. The molecule has 90 valence electrons. The van der Waals surface area contributed by atoms with E-state index in [0.29, 0.717) is 5.56 Å². The zero-order valence-corrected chi connectivity index (χ0v) is 10.2. The molecule has 0 saturated carbocycles. The molecule has 4 nitrogen and oxygen atoms in total. The predicted octanol–water partition coefficient (Wildman–Crippen LogP) is 2.17. The molecule has 0 saturated heterocycles. The first-order chi connectivity index (χ1) is 8.08. The fourth-order valence-corrected chi connectivity index (χ4v) is 1.48. The van der Waals surface area contributed by atoms with Crippen LogP contribution < -0.4 is 5.32 Å². The Morgan fingerprint density at radius 3 is 2.71 bits per heavy atom. The monoisotopic (exact) mass is 232 g/mol. The van der Waals surface area contributed by atoms with Crippen LogP contribution in [0.5, 0.6) is 0 Å². The van der Waals surface area contributed by atoms with Gasteiger partial charge in [0, 0.05) is 5.69 Å². The van der Waals surface area contributed by atoms with Crippen molar-refractivity contribution in [2.75, 3.05) is 12.4 Å². The average Bonchev–Trinajstić information content (AvgIpc) is 2.35. The Morgan fingerprint density at radius 1 is 1.47 bits per heavy atom. The lowest BCUT2D eigenvalue weighted by molar-refractivity contribution is -0.142. The number of benzene rings is 1. The summed E-state index contributed by atoms with van der Waals surface area (Å²) in [6.07, 6.45) is 0. The Kier molecular flexibility index (Phi) is 4.53. The highest BCUT2D eigenvalue weighted by Crippen LogP contribution is 2.15. The van der Waals surface area contributed by atoms with Gasteiger partial charge in [-0.3, -0.25) is 0 Å². The third-order valence-corrected chi connectivity index (χ3v) is 2.44. The molecule has 1 aromatic carbocycles. The second kappa shape index (κ2) is 5.90. The summed E-state index contributed by atoms with van der Waals surface area (Å²) in [6, 6.07) is 8.66. The summed E-state index contributed by atoms with van der Waals surface area (Å²) in [5.41, 5.74) is 1.30. The van der Waals surface area contributed by atoms with Crippen LogP contribution in [0.1, 0.15) is 19.4 Å². The zero-order chi connectivity index (χ0) is 12.8. The van der Waals surface area contributed by atoms with Gasteiger partial charge in [-0.25, -0.2) is 4.79 Å². The minimum atomic E-state index is -0.408. The molecule has 17 heavy (non-hydrogen) atoms. The first-order valence-electron chi connectivity index (χ1n) is 5.43. The highest BCUT2D eigenvalue weighted by atomic mass is 16.5. The van der Waals surface area contributed by atoms with Gasteiger partial charge in [-0.1, -0.05) is 19.9 Å². The van der Waals surface area contributed by atoms with Crippen molar-refractivity contribution in [1.29, 1.82) is 5.26 Å². The molecular formula is C13H16N2O2. The number of carbonyl (C=O) groups is 1. The fraction of sp³-hybridized carbons (Fsp3) is 0.385. The smallest absolute Gasteiger partial charge is 0.328 e. The normalized spacial score (nSPS) is 11.7. The van der Waals surface area contributed by atoms with Crippen LogP contribution in [-0.4, -0.2) is 19.1 Å². The summed E-state index contributed by atoms with van der Waals surface area (Å²) in [4.78, 5) is 11.6. The third kappa shape index (κ3) is 3.49. The summed E-state index contributed by atoms with van der Waals surface area (Å²) in [7, 11) is 1.37. The topological polar surface area (TPSA) is 62.1 Å². The molecule has 0 spiro atoms. The van der Waals surface area contributed by atoms with Gasteiger partial charge in [0.1, 0.15) is 6.04 Å². The molecule has 1 aromatic rings. The van der Waals surface area contributed by atoms with E-state index in [-0.39, 0.29) is 11.9 Å². The van der Waals surface area contributed by atoms with Crippen molar-refractivity contribution in [3.05, 3.63) is 29.8 Å². The number of esters is 1. The minimum absolute atomic E-state index is 0.105. The Balaban J connectivity index is 2.86. The maximum absolute atomic E-state index is 11.6. The standard InChI is InChI=1S/C13H16N2O2/c1-9(2)12(13(16)17-3)15-11-6-4-5-10(7-11)8-14/h4-7,9,12,15H,1-3H3. The maximum Gasteiger partial charge on any atom is 0.328 e. The summed E-state index contributed by atoms with van der Waals surface area (Å²) in [5.74, 6) is -0.199. The van der Waals surface area contributed by atoms with Gasteiger partial charge >= 0.3 is 5.97 Å². The number of hydrogen-bond acceptors (Lipinski definition) is 4. The van der Waals surface area contributed by atoms with Gasteiger partial charge in [0.05, 0.1) is 18.7 Å². The summed E-state index contributed by atoms with van der Waals surface area (Å²) in [6.45, 7) is 3.87. The Labute approximate surface area is 101 Å². The minimum Gasteiger partial charge on any atom is -0.467 e. The molecule has 0 amide bonds. The van der Waals surface area contributed by atoms with Crippen molar-refractivity contribution in [1.82, 2.24) is 0 Å². The summed E-state index contributed by atoms with van der Waals surface area (Å²) < 4.78 is 4.74. The van der Waals surface area contributed by atoms with E-state index in [1.807, 2.05) is 19.9 Å². The molecule has 0 aliphatic carbocycles. The van der Waals surface area contributed by atoms with Crippen LogP contribution in [0.4, 0.5) is 5.69 Å². The fourth-order valence-electron chi connectivity index (χ4n) is 1.48. The number of hydrogen-bond donors (Lipinski definition) is 1. The molecule has 1 unspecified atom stereocenters. The van der Waals surface area contributed by atoms with Crippen molar-refractivity contribution in [2.24, 2.45) is 5.92 Å². The average molecular weight is 232 g/mol. The van der Waals surface area contributed by atoms with Crippen LogP contribution in [0.25, 0.3) is 0 Å². The van der Waals surface area contributed by atoms with E-state index < -0.39 is 6.04 Å². The van der Waals surface area contributed by atoms with Gasteiger partial charge in [0.2, 0.25) is 0 Å². The van der Waals surface area contributed by atoms with Crippen LogP contribution in [0.2, 0.25) is 0 Å².